The van der Waals surface area contributed by atoms with Gasteiger partial charge in [0.1, 0.15) is 6.54 Å². The minimum Gasteiger partial charge on any atom is -0.341 e. The van der Waals surface area contributed by atoms with Crippen LogP contribution in [0.15, 0.2) is 64.4 Å². The van der Waals surface area contributed by atoms with E-state index in [0.717, 1.165) is 42.1 Å². The molecule has 132 valence electrons. The first-order valence-electron chi connectivity index (χ1n) is 8.85. The van der Waals surface area contributed by atoms with Crippen LogP contribution in [0.25, 0.3) is 6.08 Å². The van der Waals surface area contributed by atoms with Crippen molar-refractivity contribution < 1.29 is 9.59 Å². The van der Waals surface area contributed by atoms with Crippen LogP contribution in [0.2, 0.25) is 0 Å². The van der Waals surface area contributed by atoms with Crippen LogP contribution in [0.1, 0.15) is 18.4 Å². The Balaban J connectivity index is 1.66. The molecular weight excluding hydrogens is 344 g/mol. The molecule has 0 radical (unpaired) electrons. The molecule has 2 aromatic carbocycles. The number of hydrogen-bond donors (Lipinski definition) is 0. The zero-order valence-electron chi connectivity index (χ0n) is 14.4. The van der Waals surface area contributed by atoms with E-state index in [1.54, 1.807) is 4.90 Å². The monoisotopic (exact) mass is 364 g/mol. The maximum atomic E-state index is 13.1. The molecule has 2 heterocycles. The van der Waals surface area contributed by atoms with Crippen molar-refractivity contribution >= 4 is 35.3 Å². The van der Waals surface area contributed by atoms with E-state index in [1.807, 2.05) is 65.6 Å². The average Bonchev–Trinajstić information content (AvgIpc) is 3.21. The summed E-state index contributed by atoms with van der Waals surface area (Å²) in [7, 11) is 0. The second-order valence-corrected chi connectivity index (χ2v) is 7.55. The highest BCUT2D eigenvalue weighted by Crippen LogP contribution is 2.42. The number of thioether (sulfide) groups is 1. The Morgan fingerprint density at radius 1 is 1.00 bits per heavy atom. The van der Waals surface area contributed by atoms with Gasteiger partial charge in [0.15, 0.2) is 0 Å². The highest BCUT2D eigenvalue weighted by Gasteiger charge is 2.32. The van der Waals surface area contributed by atoms with Crippen LogP contribution in [0, 0.1) is 0 Å². The van der Waals surface area contributed by atoms with Crippen LogP contribution in [0.4, 0.5) is 5.69 Å². The van der Waals surface area contributed by atoms with Gasteiger partial charge in [-0.25, -0.2) is 0 Å². The molecule has 0 N–H and O–H groups in total. The molecule has 0 aliphatic carbocycles. The molecule has 0 spiro atoms. The van der Waals surface area contributed by atoms with Crippen molar-refractivity contribution in [3.8, 4) is 0 Å². The number of nitrogens with zero attached hydrogens (tertiary/aromatic N) is 2. The number of anilines is 1. The SMILES string of the molecule is O=C(CN1C(=O)C(=Cc2ccccc2)Sc2ccccc21)N1CCCC1. The number of rotatable bonds is 3. The maximum Gasteiger partial charge on any atom is 0.265 e. The summed E-state index contributed by atoms with van der Waals surface area (Å²) in [5, 5.41) is 0. The molecule has 4 rings (SSSR count). The van der Waals surface area contributed by atoms with E-state index < -0.39 is 0 Å². The largest absolute Gasteiger partial charge is 0.341 e. The van der Waals surface area contributed by atoms with Gasteiger partial charge in [-0.15, -0.1) is 0 Å². The first-order valence-corrected chi connectivity index (χ1v) is 9.67. The van der Waals surface area contributed by atoms with E-state index in [-0.39, 0.29) is 18.4 Å². The smallest absolute Gasteiger partial charge is 0.265 e. The second kappa shape index (κ2) is 7.38. The molecule has 5 heteroatoms. The van der Waals surface area contributed by atoms with Crippen molar-refractivity contribution in [2.45, 2.75) is 17.7 Å². The van der Waals surface area contributed by atoms with Crippen molar-refractivity contribution in [2.75, 3.05) is 24.5 Å². The Bertz CT molecular complexity index is 857. The van der Waals surface area contributed by atoms with Crippen molar-refractivity contribution in [3.63, 3.8) is 0 Å². The maximum absolute atomic E-state index is 13.1. The second-order valence-electron chi connectivity index (χ2n) is 6.47. The molecule has 1 saturated heterocycles. The molecule has 0 atom stereocenters. The van der Waals surface area contributed by atoms with Crippen molar-refractivity contribution in [2.24, 2.45) is 0 Å². The Morgan fingerprint density at radius 3 is 2.46 bits per heavy atom. The van der Waals surface area contributed by atoms with Gasteiger partial charge in [0.25, 0.3) is 5.91 Å². The third kappa shape index (κ3) is 3.40. The number of benzene rings is 2. The van der Waals surface area contributed by atoms with Crippen LogP contribution in [-0.4, -0.2) is 36.3 Å². The van der Waals surface area contributed by atoms with Crippen molar-refractivity contribution in [1.82, 2.24) is 4.90 Å². The molecule has 26 heavy (non-hydrogen) atoms. The standard InChI is InChI=1S/C21H20N2O2S/c24-20(22-12-6-7-13-22)15-23-17-10-4-5-11-18(17)26-19(21(23)25)14-16-8-2-1-3-9-16/h1-5,8-11,14H,6-7,12-13,15H2. The topological polar surface area (TPSA) is 40.6 Å². The van der Waals surface area contributed by atoms with Gasteiger partial charge in [-0.2, -0.15) is 0 Å². The quantitative estimate of drug-likeness (QED) is 0.778. The summed E-state index contributed by atoms with van der Waals surface area (Å²) in [6.45, 7) is 1.69. The van der Waals surface area contributed by atoms with E-state index in [9.17, 15) is 9.59 Å². The Hall–Kier alpha value is -2.53. The summed E-state index contributed by atoms with van der Waals surface area (Å²) < 4.78 is 0. The van der Waals surface area contributed by atoms with Crippen molar-refractivity contribution in [1.29, 1.82) is 0 Å². The van der Waals surface area contributed by atoms with Gasteiger partial charge in [-0.3, -0.25) is 14.5 Å². The number of amides is 2. The van der Waals surface area contributed by atoms with Crippen LogP contribution in [-0.2, 0) is 9.59 Å². The van der Waals surface area contributed by atoms with Gasteiger partial charge in [0.05, 0.1) is 10.6 Å². The third-order valence-electron chi connectivity index (χ3n) is 4.68. The molecule has 0 unspecified atom stereocenters. The van der Waals surface area contributed by atoms with Gasteiger partial charge in [-0.05, 0) is 36.6 Å². The summed E-state index contributed by atoms with van der Waals surface area (Å²) in [6, 6.07) is 17.6. The summed E-state index contributed by atoms with van der Waals surface area (Å²) in [4.78, 5) is 30.9. The number of likely N-dealkylation sites (tertiary alicyclic amines) is 1. The highest BCUT2D eigenvalue weighted by molar-refractivity contribution is 8.04. The molecule has 2 aromatic rings. The molecule has 0 bridgehead atoms. The minimum absolute atomic E-state index is 0.0246. The molecule has 2 aliphatic heterocycles. The number of carbonyl (C=O) groups is 2. The summed E-state index contributed by atoms with van der Waals surface area (Å²) in [5.74, 6) is -0.0817. The zero-order chi connectivity index (χ0) is 17.9. The molecule has 2 aliphatic rings. The lowest BCUT2D eigenvalue weighted by Gasteiger charge is -2.31. The molecular formula is C21H20N2O2S. The lowest BCUT2D eigenvalue weighted by atomic mass is 10.2. The molecule has 0 saturated carbocycles. The highest BCUT2D eigenvalue weighted by atomic mass is 32.2. The fourth-order valence-electron chi connectivity index (χ4n) is 3.32. The van der Waals surface area contributed by atoms with E-state index in [4.69, 9.17) is 0 Å². The summed E-state index contributed by atoms with van der Waals surface area (Å²) >= 11 is 1.47. The van der Waals surface area contributed by atoms with Gasteiger partial charge in [0, 0.05) is 18.0 Å². The van der Waals surface area contributed by atoms with Crippen LogP contribution in [0.3, 0.4) is 0 Å². The summed E-state index contributed by atoms with van der Waals surface area (Å²) in [5.41, 5.74) is 1.80. The zero-order valence-corrected chi connectivity index (χ0v) is 15.2. The van der Waals surface area contributed by atoms with Crippen molar-refractivity contribution in [3.05, 3.63) is 65.1 Å². The van der Waals surface area contributed by atoms with Gasteiger partial charge >= 0.3 is 0 Å². The van der Waals surface area contributed by atoms with Crippen LogP contribution in [0.5, 0.6) is 0 Å². The first kappa shape index (κ1) is 16.9. The third-order valence-corrected chi connectivity index (χ3v) is 5.76. The van der Waals surface area contributed by atoms with E-state index in [0.29, 0.717) is 4.91 Å². The fraction of sp³-hybridized carbons (Fsp3) is 0.238. The van der Waals surface area contributed by atoms with Gasteiger partial charge in [-0.1, -0.05) is 54.2 Å². The lowest BCUT2D eigenvalue weighted by Crippen LogP contribution is -2.43. The minimum atomic E-state index is -0.106. The van der Waals surface area contributed by atoms with E-state index >= 15 is 0 Å². The summed E-state index contributed by atoms with van der Waals surface area (Å²) in [6.07, 6.45) is 3.99. The molecule has 2 amide bonds. The lowest BCUT2D eigenvalue weighted by molar-refractivity contribution is -0.130. The van der Waals surface area contributed by atoms with E-state index in [2.05, 4.69) is 0 Å². The molecule has 4 nitrogen and oxygen atoms in total. The normalized spacial score (nSPS) is 18.3. The number of hydrogen-bond acceptors (Lipinski definition) is 3. The fourth-order valence-corrected chi connectivity index (χ4v) is 4.38. The predicted molar refractivity (Wildman–Crippen MR) is 105 cm³/mol. The Labute approximate surface area is 157 Å². The molecule has 0 aromatic heterocycles. The average molecular weight is 364 g/mol. The predicted octanol–water partition coefficient (Wildman–Crippen LogP) is 3.79. The Kier molecular flexibility index (Phi) is 4.80. The van der Waals surface area contributed by atoms with Crippen LogP contribution >= 0.6 is 11.8 Å². The van der Waals surface area contributed by atoms with E-state index in [1.165, 1.54) is 11.8 Å². The van der Waals surface area contributed by atoms with Gasteiger partial charge < -0.3 is 4.90 Å². The number of para-hydroxylation sites is 1. The Morgan fingerprint density at radius 2 is 1.69 bits per heavy atom. The first-order chi connectivity index (χ1) is 12.7. The number of fused-ring (bicyclic) bond motifs is 1. The molecule has 1 fully saturated rings. The van der Waals surface area contributed by atoms with Crippen LogP contribution < -0.4 is 4.90 Å². The number of carbonyl (C=O) groups excluding carboxylic acids is 2. The van der Waals surface area contributed by atoms with Gasteiger partial charge in [0.2, 0.25) is 5.91 Å².